The molecule has 0 aromatic heterocycles. The van der Waals surface area contributed by atoms with E-state index in [-0.39, 0.29) is 21.9 Å². The molecule has 1 aromatic carbocycles. The number of rotatable bonds is 4. The minimum Gasteiger partial charge on any atom is -0.491 e. The Labute approximate surface area is 112 Å². The van der Waals surface area contributed by atoms with Crippen LogP contribution in [0.5, 0.6) is 5.75 Å². The molecule has 0 spiro atoms. The number of benzene rings is 1. The molecule has 0 bridgehead atoms. The quantitative estimate of drug-likeness (QED) is 0.904. The third-order valence-electron chi connectivity index (χ3n) is 1.86. The van der Waals surface area contributed by atoms with Crippen molar-refractivity contribution < 1.29 is 14.6 Å². The van der Waals surface area contributed by atoms with Crippen LogP contribution in [0.3, 0.4) is 0 Å². The van der Waals surface area contributed by atoms with Gasteiger partial charge in [-0.05, 0) is 18.6 Å². The molecule has 0 heterocycles. The van der Waals surface area contributed by atoms with Gasteiger partial charge in [-0.15, -0.1) is 0 Å². The SMILES string of the molecule is CC.CCCOc1c(Cl)cc(C(=O)O)cc1C#N. The first-order valence-electron chi connectivity index (χ1n) is 5.69. The van der Waals surface area contributed by atoms with Crippen LogP contribution in [0.2, 0.25) is 5.02 Å². The molecule has 4 nitrogen and oxygen atoms in total. The number of nitrogens with zero attached hydrogens (tertiary/aromatic N) is 1. The van der Waals surface area contributed by atoms with Crippen LogP contribution in [0.25, 0.3) is 0 Å². The summed E-state index contributed by atoms with van der Waals surface area (Å²) in [5.74, 6) is -0.878. The van der Waals surface area contributed by atoms with Crippen LogP contribution in [0.15, 0.2) is 12.1 Å². The summed E-state index contributed by atoms with van der Waals surface area (Å²) in [6.07, 6.45) is 0.780. The molecule has 18 heavy (non-hydrogen) atoms. The van der Waals surface area contributed by atoms with Crippen molar-refractivity contribution in [1.29, 1.82) is 5.26 Å². The second-order valence-corrected chi connectivity index (χ2v) is 3.51. The van der Waals surface area contributed by atoms with Crippen LogP contribution in [-0.4, -0.2) is 17.7 Å². The molecule has 98 valence electrons. The molecule has 0 saturated heterocycles. The van der Waals surface area contributed by atoms with Crippen molar-refractivity contribution in [3.05, 3.63) is 28.3 Å². The molecule has 0 aliphatic rings. The van der Waals surface area contributed by atoms with Gasteiger partial charge < -0.3 is 9.84 Å². The van der Waals surface area contributed by atoms with Gasteiger partial charge in [0.05, 0.1) is 22.8 Å². The molecule has 1 N–H and O–H groups in total. The first kappa shape index (κ1) is 16.3. The van der Waals surface area contributed by atoms with Crippen LogP contribution in [0.4, 0.5) is 0 Å². The maximum atomic E-state index is 10.7. The van der Waals surface area contributed by atoms with Gasteiger partial charge in [0, 0.05) is 0 Å². The number of carboxylic acid groups (broad SMARTS) is 1. The molecule has 0 atom stereocenters. The highest BCUT2D eigenvalue weighted by atomic mass is 35.5. The lowest BCUT2D eigenvalue weighted by Gasteiger charge is -2.09. The maximum Gasteiger partial charge on any atom is 0.335 e. The van der Waals surface area contributed by atoms with Crippen LogP contribution in [-0.2, 0) is 0 Å². The monoisotopic (exact) mass is 269 g/mol. The van der Waals surface area contributed by atoms with E-state index in [1.165, 1.54) is 12.1 Å². The Bertz CT molecular complexity index is 452. The zero-order chi connectivity index (χ0) is 14.1. The van der Waals surface area contributed by atoms with Gasteiger partial charge in [-0.1, -0.05) is 32.4 Å². The van der Waals surface area contributed by atoms with Gasteiger partial charge in [0.2, 0.25) is 0 Å². The fourth-order valence-electron chi connectivity index (χ4n) is 1.15. The highest BCUT2D eigenvalue weighted by Gasteiger charge is 2.14. The van der Waals surface area contributed by atoms with E-state index in [2.05, 4.69) is 0 Å². The Kier molecular flexibility index (Phi) is 7.57. The number of carbonyl (C=O) groups is 1. The average Bonchev–Trinajstić information content (AvgIpc) is 2.38. The van der Waals surface area contributed by atoms with Crippen molar-refractivity contribution in [2.24, 2.45) is 0 Å². The number of halogens is 1. The Morgan fingerprint density at radius 3 is 2.56 bits per heavy atom. The van der Waals surface area contributed by atoms with Gasteiger partial charge in [-0.2, -0.15) is 5.26 Å². The van der Waals surface area contributed by atoms with Gasteiger partial charge in [-0.25, -0.2) is 4.79 Å². The third kappa shape index (κ3) is 4.27. The third-order valence-corrected chi connectivity index (χ3v) is 2.14. The number of ether oxygens (including phenoxy) is 1. The van der Waals surface area contributed by atoms with E-state index in [1.54, 1.807) is 0 Å². The molecular formula is C13H16ClNO3. The Morgan fingerprint density at radius 1 is 1.50 bits per heavy atom. The molecule has 1 aromatic rings. The van der Waals surface area contributed by atoms with Gasteiger partial charge >= 0.3 is 5.97 Å². The Hall–Kier alpha value is -1.73. The Balaban J connectivity index is 0.00000137. The van der Waals surface area contributed by atoms with E-state index >= 15 is 0 Å². The van der Waals surface area contributed by atoms with E-state index in [9.17, 15) is 4.79 Å². The van der Waals surface area contributed by atoms with E-state index in [4.69, 9.17) is 26.7 Å². The zero-order valence-electron chi connectivity index (χ0n) is 10.7. The topological polar surface area (TPSA) is 70.3 Å². The second-order valence-electron chi connectivity index (χ2n) is 3.10. The summed E-state index contributed by atoms with van der Waals surface area (Å²) < 4.78 is 5.30. The summed E-state index contributed by atoms with van der Waals surface area (Å²) >= 11 is 5.85. The molecule has 0 aliphatic heterocycles. The minimum atomic E-state index is -1.12. The van der Waals surface area contributed by atoms with Crippen molar-refractivity contribution in [3.63, 3.8) is 0 Å². The lowest BCUT2D eigenvalue weighted by Crippen LogP contribution is -2.02. The van der Waals surface area contributed by atoms with Gasteiger partial charge in [0.25, 0.3) is 0 Å². The molecule has 0 aliphatic carbocycles. The zero-order valence-corrected chi connectivity index (χ0v) is 11.4. The molecule has 1 rings (SSSR count). The normalized spacial score (nSPS) is 8.83. The number of hydrogen-bond acceptors (Lipinski definition) is 3. The summed E-state index contributed by atoms with van der Waals surface area (Å²) in [6, 6.07) is 4.39. The van der Waals surface area contributed by atoms with E-state index < -0.39 is 5.97 Å². The van der Waals surface area contributed by atoms with Crippen LogP contribution in [0.1, 0.15) is 43.1 Å². The lowest BCUT2D eigenvalue weighted by atomic mass is 10.1. The van der Waals surface area contributed by atoms with Crippen molar-refractivity contribution in [1.82, 2.24) is 0 Å². The first-order valence-corrected chi connectivity index (χ1v) is 6.07. The van der Waals surface area contributed by atoms with Crippen LogP contribution >= 0.6 is 11.6 Å². The van der Waals surface area contributed by atoms with E-state index in [0.717, 1.165) is 6.42 Å². The highest BCUT2D eigenvalue weighted by Crippen LogP contribution is 2.30. The fraction of sp³-hybridized carbons (Fsp3) is 0.385. The van der Waals surface area contributed by atoms with E-state index in [1.807, 2.05) is 26.8 Å². The van der Waals surface area contributed by atoms with Crippen LogP contribution in [0, 0.1) is 11.3 Å². The summed E-state index contributed by atoms with van der Waals surface area (Å²) in [6.45, 7) is 6.35. The summed E-state index contributed by atoms with van der Waals surface area (Å²) in [5.41, 5.74) is 0.115. The molecule has 5 heteroatoms. The minimum absolute atomic E-state index is 0.0228. The molecule has 0 fully saturated rings. The predicted molar refractivity (Wildman–Crippen MR) is 70.3 cm³/mol. The molecule has 0 amide bonds. The highest BCUT2D eigenvalue weighted by molar-refractivity contribution is 6.32. The summed E-state index contributed by atoms with van der Waals surface area (Å²) in [4.78, 5) is 10.7. The Morgan fingerprint density at radius 2 is 2.11 bits per heavy atom. The van der Waals surface area contributed by atoms with Crippen LogP contribution < -0.4 is 4.74 Å². The standard InChI is InChI=1S/C11H10ClNO3.C2H6/c1-2-3-16-10-8(6-13)4-7(11(14)15)5-9(10)12;1-2/h4-5H,2-3H2,1H3,(H,14,15);1-2H3. The number of aromatic carboxylic acids is 1. The number of carboxylic acids is 1. The molecular weight excluding hydrogens is 254 g/mol. The van der Waals surface area contributed by atoms with Gasteiger partial charge in [-0.3, -0.25) is 0 Å². The van der Waals surface area contributed by atoms with Crippen molar-refractivity contribution in [2.45, 2.75) is 27.2 Å². The molecule has 0 unspecified atom stereocenters. The summed E-state index contributed by atoms with van der Waals surface area (Å²) in [5, 5.41) is 17.8. The fourth-order valence-corrected chi connectivity index (χ4v) is 1.42. The number of nitriles is 1. The van der Waals surface area contributed by atoms with E-state index in [0.29, 0.717) is 6.61 Å². The first-order chi connectivity index (χ1) is 8.60. The molecule has 0 radical (unpaired) electrons. The lowest BCUT2D eigenvalue weighted by molar-refractivity contribution is 0.0697. The van der Waals surface area contributed by atoms with Crippen molar-refractivity contribution in [3.8, 4) is 11.8 Å². The maximum absolute atomic E-state index is 10.7. The van der Waals surface area contributed by atoms with Crippen molar-refractivity contribution >= 4 is 17.6 Å². The van der Waals surface area contributed by atoms with Gasteiger partial charge in [0.15, 0.2) is 5.75 Å². The second kappa shape index (κ2) is 8.37. The number of hydrogen-bond donors (Lipinski definition) is 1. The molecule has 0 saturated carbocycles. The smallest absolute Gasteiger partial charge is 0.335 e. The summed E-state index contributed by atoms with van der Waals surface area (Å²) in [7, 11) is 0. The average molecular weight is 270 g/mol. The predicted octanol–water partition coefficient (Wildman–Crippen LogP) is 3.72. The van der Waals surface area contributed by atoms with Gasteiger partial charge in [0.1, 0.15) is 6.07 Å². The van der Waals surface area contributed by atoms with Crippen molar-refractivity contribution in [2.75, 3.05) is 6.61 Å². The largest absolute Gasteiger partial charge is 0.491 e.